The van der Waals surface area contributed by atoms with Gasteiger partial charge in [-0.25, -0.2) is 0 Å². The second-order valence-electron chi connectivity index (χ2n) is 8.55. The van der Waals surface area contributed by atoms with Crippen LogP contribution in [0.5, 0.6) is 0 Å². The number of nitrogens with zero attached hydrogens (tertiary/aromatic N) is 1. The summed E-state index contributed by atoms with van der Waals surface area (Å²) in [5.41, 5.74) is 2.87. The molecule has 2 fully saturated rings. The van der Waals surface area contributed by atoms with Crippen LogP contribution >= 0.6 is 11.8 Å². The number of hydrogen-bond donors (Lipinski definition) is 1. The summed E-state index contributed by atoms with van der Waals surface area (Å²) >= 11 is 1.71. The van der Waals surface area contributed by atoms with Crippen molar-refractivity contribution in [2.45, 2.75) is 50.2 Å². The van der Waals surface area contributed by atoms with Crippen molar-refractivity contribution in [3.63, 3.8) is 0 Å². The first kappa shape index (κ1) is 21.4. The molecule has 4 rings (SSSR count). The molecule has 2 aromatic carbocycles. The molecule has 1 unspecified atom stereocenters. The highest BCUT2D eigenvalue weighted by Crippen LogP contribution is 2.27. The second-order valence-corrected chi connectivity index (χ2v) is 9.61. The van der Waals surface area contributed by atoms with Crippen LogP contribution in [0.25, 0.3) is 0 Å². The first-order valence-electron chi connectivity index (χ1n) is 11.1. The van der Waals surface area contributed by atoms with Gasteiger partial charge in [0.1, 0.15) is 0 Å². The molecule has 4 nitrogen and oxygen atoms in total. The lowest BCUT2D eigenvalue weighted by Crippen LogP contribution is -2.32. The van der Waals surface area contributed by atoms with Crippen LogP contribution in [0.3, 0.4) is 0 Å². The molecular formula is C25H32N2O2S. The Kier molecular flexibility index (Phi) is 7.47. The van der Waals surface area contributed by atoms with Crippen molar-refractivity contribution in [1.29, 1.82) is 0 Å². The number of likely N-dealkylation sites (tertiary alicyclic amines) is 1. The standard InChI is InChI=1S/C25H32N2O2S/c1-19-12-14-27(15-13-19)17-20-8-10-21(11-9-20)26-25(28)23-6-2-3-7-24(23)30-18-22-5-4-16-29-22/h2-3,6-11,19,22H,4-5,12-18H2,1H3,(H,26,28). The topological polar surface area (TPSA) is 41.6 Å². The molecule has 5 heteroatoms. The Morgan fingerprint density at radius 1 is 1.10 bits per heavy atom. The summed E-state index contributed by atoms with van der Waals surface area (Å²) in [7, 11) is 0. The fourth-order valence-electron chi connectivity index (χ4n) is 4.11. The van der Waals surface area contributed by atoms with Gasteiger partial charge in [-0.1, -0.05) is 31.2 Å². The van der Waals surface area contributed by atoms with Gasteiger partial charge in [0.15, 0.2) is 0 Å². The van der Waals surface area contributed by atoms with Crippen molar-refractivity contribution in [3.8, 4) is 0 Å². The predicted molar refractivity (Wildman–Crippen MR) is 124 cm³/mol. The average Bonchev–Trinajstić information content (AvgIpc) is 3.29. The van der Waals surface area contributed by atoms with Gasteiger partial charge in [-0.3, -0.25) is 9.69 Å². The number of carbonyl (C=O) groups excluding carboxylic acids is 1. The van der Waals surface area contributed by atoms with E-state index in [1.165, 1.54) is 31.5 Å². The van der Waals surface area contributed by atoms with E-state index in [-0.39, 0.29) is 5.91 Å². The second kappa shape index (κ2) is 10.5. The molecular weight excluding hydrogens is 392 g/mol. The summed E-state index contributed by atoms with van der Waals surface area (Å²) in [6, 6.07) is 16.1. The molecule has 1 atom stereocenters. The maximum Gasteiger partial charge on any atom is 0.256 e. The van der Waals surface area contributed by atoms with Gasteiger partial charge in [-0.05, 0) is 74.5 Å². The molecule has 2 aliphatic rings. The van der Waals surface area contributed by atoms with E-state index in [0.717, 1.165) is 53.8 Å². The highest BCUT2D eigenvalue weighted by atomic mass is 32.2. The number of hydrogen-bond acceptors (Lipinski definition) is 4. The molecule has 160 valence electrons. The fourth-order valence-corrected chi connectivity index (χ4v) is 5.23. The lowest BCUT2D eigenvalue weighted by Gasteiger charge is -2.30. The lowest BCUT2D eigenvalue weighted by molar-refractivity contribution is 0.102. The number of piperidine rings is 1. The zero-order chi connectivity index (χ0) is 20.8. The predicted octanol–water partition coefficient (Wildman–Crippen LogP) is 5.44. The lowest BCUT2D eigenvalue weighted by atomic mass is 9.99. The fraction of sp³-hybridized carbons (Fsp3) is 0.480. The molecule has 0 radical (unpaired) electrons. The van der Waals surface area contributed by atoms with E-state index in [9.17, 15) is 4.79 Å². The highest BCUT2D eigenvalue weighted by Gasteiger charge is 2.18. The first-order valence-corrected chi connectivity index (χ1v) is 12.1. The van der Waals surface area contributed by atoms with E-state index in [0.29, 0.717) is 6.10 Å². The molecule has 0 bridgehead atoms. The van der Waals surface area contributed by atoms with Crippen LogP contribution in [-0.4, -0.2) is 42.4 Å². The summed E-state index contributed by atoms with van der Waals surface area (Å²) in [5.74, 6) is 1.70. The number of benzene rings is 2. The van der Waals surface area contributed by atoms with Crippen LogP contribution in [0.4, 0.5) is 5.69 Å². The van der Waals surface area contributed by atoms with E-state index in [1.54, 1.807) is 11.8 Å². The van der Waals surface area contributed by atoms with E-state index >= 15 is 0 Å². The summed E-state index contributed by atoms with van der Waals surface area (Å²) in [5, 5.41) is 3.07. The highest BCUT2D eigenvalue weighted by molar-refractivity contribution is 7.99. The summed E-state index contributed by atoms with van der Waals surface area (Å²) < 4.78 is 5.72. The summed E-state index contributed by atoms with van der Waals surface area (Å²) in [6.45, 7) is 6.55. The van der Waals surface area contributed by atoms with E-state index in [1.807, 2.05) is 36.4 Å². The van der Waals surface area contributed by atoms with Gasteiger partial charge in [0.25, 0.3) is 5.91 Å². The van der Waals surface area contributed by atoms with Crippen LogP contribution in [0.1, 0.15) is 48.5 Å². The number of carbonyl (C=O) groups is 1. The maximum absolute atomic E-state index is 12.9. The molecule has 0 aliphatic carbocycles. The Balaban J connectivity index is 1.33. The molecule has 2 aromatic rings. The van der Waals surface area contributed by atoms with Gasteiger partial charge < -0.3 is 10.1 Å². The van der Waals surface area contributed by atoms with Crippen molar-refractivity contribution in [2.24, 2.45) is 5.92 Å². The van der Waals surface area contributed by atoms with Crippen LogP contribution in [0.15, 0.2) is 53.4 Å². The molecule has 2 aliphatic heterocycles. The average molecular weight is 425 g/mol. The Hall–Kier alpha value is -1.82. The monoisotopic (exact) mass is 424 g/mol. The van der Waals surface area contributed by atoms with Gasteiger partial charge >= 0.3 is 0 Å². The van der Waals surface area contributed by atoms with Crippen LogP contribution < -0.4 is 5.32 Å². The van der Waals surface area contributed by atoms with E-state index in [2.05, 4.69) is 29.3 Å². The number of amides is 1. The SMILES string of the molecule is CC1CCN(Cc2ccc(NC(=O)c3ccccc3SCC3CCCO3)cc2)CC1. The Morgan fingerprint density at radius 2 is 1.87 bits per heavy atom. The normalized spacial score (nSPS) is 20.4. The molecule has 30 heavy (non-hydrogen) atoms. The summed E-state index contributed by atoms with van der Waals surface area (Å²) in [6.07, 6.45) is 5.14. The Bertz CT molecular complexity index is 825. The number of thioether (sulfide) groups is 1. The number of rotatable bonds is 7. The van der Waals surface area contributed by atoms with Crippen molar-refractivity contribution >= 4 is 23.4 Å². The quantitative estimate of drug-likeness (QED) is 0.601. The van der Waals surface area contributed by atoms with Gasteiger partial charge in [-0.15, -0.1) is 11.8 Å². The van der Waals surface area contributed by atoms with Gasteiger partial charge in [0, 0.05) is 29.5 Å². The molecule has 1 N–H and O–H groups in total. The van der Waals surface area contributed by atoms with Gasteiger partial charge in [0.05, 0.1) is 11.7 Å². The zero-order valence-corrected chi connectivity index (χ0v) is 18.6. The largest absolute Gasteiger partial charge is 0.377 e. The zero-order valence-electron chi connectivity index (χ0n) is 17.8. The smallest absolute Gasteiger partial charge is 0.256 e. The number of anilines is 1. The van der Waals surface area contributed by atoms with Crippen LogP contribution in [-0.2, 0) is 11.3 Å². The van der Waals surface area contributed by atoms with Gasteiger partial charge in [-0.2, -0.15) is 0 Å². The van der Waals surface area contributed by atoms with Crippen LogP contribution in [0.2, 0.25) is 0 Å². The molecule has 0 spiro atoms. The molecule has 0 aromatic heterocycles. The van der Waals surface area contributed by atoms with E-state index < -0.39 is 0 Å². The van der Waals surface area contributed by atoms with Crippen molar-refractivity contribution in [3.05, 3.63) is 59.7 Å². The third-order valence-corrected chi connectivity index (χ3v) is 7.28. The van der Waals surface area contributed by atoms with Crippen LogP contribution in [0, 0.1) is 5.92 Å². The first-order chi connectivity index (χ1) is 14.7. The minimum atomic E-state index is -0.0526. The minimum Gasteiger partial charge on any atom is -0.377 e. The third kappa shape index (κ3) is 5.87. The summed E-state index contributed by atoms with van der Waals surface area (Å²) in [4.78, 5) is 16.4. The number of ether oxygens (including phenoxy) is 1. The van der Waals surface area contributed by atoms with Crippen molar-refractivity contribution in [1.82, 2.24) is 4.90 Å². The third-order valence-electron chi connectivity index (χ3n) is 6.07. The Morgan fingerprint density at radius 3 is 2.60 bits per heavy atom. The van der Waals surface area contributed by atoms with E-state index in [4.69, 9.17) is 4.74 Å². The van der Waals surface area contributed by atoms with Gasteiger partial charge in [0.2, 0.25) is 0 Å². The maximum atomic E-state index is 12.9. The Labute approximate surface area is 184 Å². The molecule has 2 heterocycles. The molecule has 2 saturated heterocycles. The van der Waals surface area contributed by atoms with Crippen molar-refractivity contribution in [2.75, 3.05) is 30.8 Å². The number of nitrogens with one attached hydrogen (secondary N) is 1. The molecule has 0 saturated carbocycles. The van der Waals surface area contributed by atoms with Crippen molar-refractivity contribution < 1.29 is 9.53 Å². The minimum absolute atomic E-state index is 0.0526. The molecule has 1 amide bonds.